The first kappa shape index (κ1) is 21.8. The third-order valence-electron chi connectivity index (χ3n) is 5.84. The maximum atomic E-state index is 12.4. The van der Waals surface area contributed by atoms with Crippen LogP contribution in [-0.2, 0) is 27.5 Å². The lowest BCUT2D eigenvalue weighted by Gasteiger charge is -2.16. The molecule has 3 aromatic rings. The van der Waals surface area contributed by atoms with Crippen LogP contribution in [0.2, 0.25) is 0 Å². The normalized spacial score (nSPS) is 17.7. The summed E-state index contributed by atoms with van der Waals surface area (Å²) in [4.78, 5) is 17.1. The predicted octanol–water partition coefficient (Wildman–Crippen LogP) is 4.33. The molecule has 8 heteroatoms. The zero-order valence-corrected chi connectivity index (χ0v) is 19.6. The average molecular weight is 458 g/mol. The molecule has 4 rings (SSSR count). The highest BCUT2D eigenvalue weighted by atomic mass is 32.2. The van der Waals surface area contributed by atoms with Crippen molar-refractivity contribution in [2.24, 2.45) is 0 Å². The van der Waals surface area contributed by atoms with E-state index < -0.39 is 9.84 Å². The van der Waals surface area contributed by atoms with Crippen LogP contribution in [0.5, 0.6) is 0 Å². The van der Waals surface area contributed by atoms with Gasteiger partial charge in [-0.2, -0.15) is 0 Å². The number of benzene rings is 1. The zero-order valence-electron chi connectivity index (χ0n) is 18.0. The highest BCUT2D eigenvalue weighted by Gasteiger charge is 2.31. The van der Waals surface area contributed by atoms with Crippen LogP contribution < -0.4 is 5.32 Å². The average Bonchev–Trinajstić information content (AvgIpc) is 3.39. The summed E-state index contributed by atoms with van der Waals surface area (Å²) in [5, 5.41) is 5.65. The number of nitrogens with zero attached hydrogens (tertiary/aromatic N) is 2. The van der Waals surface area contributed by atoms with E-state index in [1.54, 1.807) is 0 Å². The van der Waals surface area contributed by atoms with E-state index in [1.165, 1.54) is 16.9 Å². The van der Waals surface area contributed by atoms with Crippen molar-refractivity contribution in [3.8, 4) is 11.3 Å². The van der Waals surface area contributed by atoms with Crippen molar-refractivity contribution in [1.29, 1.82) is 0 Å². The number of carbonyl (C=O) groups excluding carboxylic acids is 1. The Morgan fingerprint density at radius 1 is 1.26 bits per heavy atom. The molecule has 2 aromatic heterocycles. The van der Waals surface area contributed by atoms with Gasteiger partial charge < -0.3 is 9.88 Å². The number of aryl methyl sites for hydroxylation is 2. The van der Waals surface area contributed by atoms with Gasteiger partial charge in [-0.05, 0) is 50.5 Å². The van der Waals surface area contributed by atoms with Gasteiger partial charge in [0.15, 0.2) is 9.84 Å². The van der Waals surface area contributed by atoms with Crippen LogP contribution in [0, 0.1) is 13.8 Å². The minimum absolute atomic E-state index is 0.0123. The van der Waals surface area contributed by atoms with Gasteiger partial charge in [0.2, 0.25) is 5.91 Å². The molecule has 1 N–H and O–H groups in total. The van der Waals surface area contributed by atoms with Gasteiger partial charge in [0.25, 0.3) is 0 Å². The molecule has 1 fully saturated rings. The highest BCUT2D eigenvalue weighted by Crippen LogP contribution is 2.34. The number of nitrogens with one attached hydrogen (secondary N) is 1. The molecule has 0 spiro atoms. The Labute approximate surface area is 187 Å². The van der Waals surface area contributed by atoms with Gasteiger partial charge >= 0.3 is 0 Å². The molecule has 3 heterocycles. The Balaban J connectivity index is 1.47. The first-order valence-electron chi connectivity index (χ1n) is 10.5. The second kappa shape index (κ2) is 8.59. The van der Waals surface area contributed by atoms with E-state index in [2.05, 4.69) is 27.9 Å². The van der Waals surface area contributed by atoms with E-state index in [0.717, 1.165) is 39.8 Å². The zero-order chi connectivity index (χ0) is 22.2. The molecular weight excluding hydrogens is 430 g/mol. The van der Waals surface area contributed by atoms with E-state index in [4.69, 9.17) is 0 Å². The fraction of sp³-hybridized carbons (Fsp3) is 0.391. The van der Waals surface area contributed by atoms with Gasteiger partial charge in [-0.15, -0.1) is 11.3 Å². The first-order valence-corrected chi connectivity index (χ1v) is 13.2. The first-order chi connectivity index (χ1) is 14.8. The topological polar surface area (TPSA) is 81.1 Å². The Bertz CT molecular complexity index is 1210. The largest absolute Gasteiger partial charge is 0.344 e. The van der Waals surface area contributed by atoms with E-state index in [0.29, 0.717) is 6.42 Å². The number of thiazole rings is 1. The maximum absolute atomic E-state index is 12.4. The van der Waals surface area contributed by atoms with Gasteiger partial charge in [0, 0.05) is 34.1 Å². The van der Waals surface area contributed by atoms with Crippen LogP contribution >= 0.6 is 11.3 Å². The van der Waals surface area contributed by atoms with Crippen LogP contribution in [-0.4, -0.2) is 35.4 Å². The third-order valence-corrected chi connectivity index (χ3v) is 8.44. The van der Waals surface area contributed by atoms with Crippen molar-refractivity contribution >= 4 is 32.8 Å². The summed E-state index contributed by atoms with van der Waals surface area (Å²) < 4.78 is 26.0. The van der Waals surface area contributed by atoms with Crippen LogP contribution in [0.25, 0.3) is 11.3 Å². The van der Waals surface area contributed by atoms with Crippen molar-refractivity contribution in [2.45, 2.75) is 46.1 Å². The van der Waals surface area contributed by atoms with Crippen molar-refractivity contribution < 1.29 is 13.2 Å². The lowest BCUT2D eigenvalue weighted by Crippen LogP contribution is -2.14. The number of hydrogen-bond donors (Lipinski definition) is 1. The molecule has 0 bridgehead atoms. The summed E-state index contributed by atoms with van der Waals surface area (Å²) in [6.07, 6.45) is 1.84. The summed E-state index contributed by atoms with van der Waals surface area (Å²) in [5.74, 6) is 0.359. The lowest BCUT2D eigenvalue weighted by molar-refractivity contribution is -0.115. The van der Waals surface area contributed by atoms with Crippen LogP contribution in [0.3, 0.4) is 0 Å². The summed E-state index contributed by atoms with van der Waals surface area (Å²) in [5.41, 5.74) is 5.92. The second-order valence-electron chi connectivity index (χ2n) is 8.11. The molecule has 1 saturated heterocycles. The van der Waals surface area contributed by atoms with Crippen LogP contribution in [0.4, 0.5) is 5.69 Å². The standard InChI is InChI=1S/C23H27N3O3S2/c1-4-17-5-7-18(8-6-17)24-22(27)12-23-25-21(13-30-23)20-11-15(2)26(16(20)3)19-9-10-31(28,29)14-19/h5-8,11,13,19H,4,9-10,12,14H2,1-3H3,(H,24,27)/t19-/m1/s1. The fourth-order valence-corrected chi connectivity index (χ4v) is 6.75. The van der Waals surface area contributed by atoms with Crippen molar-refractivity contribution in [2.75, 3.05) is 16.8 Å². The van der Waals surface area contributed by atoms with Gasteiger partial charge in [-0.1, -0.05) is 19.1 Å². The fourth-order valence-electron chi connectivity index (χ4n) is 4.26. The summed E-state index contributed by atoms with van der Waals surface area (Å²) in [7, 11) is -2.95. The number of anilines is 1. The van der Waals surface area contributed by atoms with Gasteiger partial charge in [0.1, 0.15) is 5.01 Å². The molecular formula is C23H27N3O3S2. The second-order valence-corrected chi connectivity index (χ2v) is 11.3. The Morgan fingerprint density at radius 3 is 2.65 bits per heavy atom. The summed E-state index contributed by atoms with van der Waals surface area (Å²) in [6.45, 7) is 6.12. The van der Waals surface area contributed by atoms with E-state index in [1.807, 2.05) is 43.5 Å². The molecule has 1 aromatic carbocycles. The van der Waals surface area contributed by atoms with E-state index in [-0.39, 0.29) is 29.9 Å². The minimum Gasteiger partial charge on any atom is -0.344 e. The number of hydrogen-bond acceptors (Lipinski definition) is 5. The summed E-state index contributed by atoms with van der Waals surface area (Å²) >= 11 is 1.47. The van der Waals surface area contributed by atoms with Gasteiger partial charge in [0.05, 0.1) is 23.6 Å². The summed E-state index contributed by atoms with van der Waals surface area (Å²) in [6, 6.07) is 9.92. The Morgan fingerprint density at radius 2 is 2.00 bits per heavy atom. The molecule has 0 radical (unpaired) electrons. The molecule has 1 amide bonds. The molecule has 0 saturated carbocycles. The smallest absolute Gasteiger partial charge is 0.231 e. The molecule has 31 heavy (non-hydrogen) atoms. The third kappa shape index (κ3) is 4.75. The van der Waals surface area contributed by atoms with Gasteiger partial charge in [-0.3, -0.25) is 4.79 Å². The molecule has 0 unspecified atom stereocenters. The number of amides is 1. The van der Waals surface area contributed by atoms with Crippen molar-refractivity contribution in [3.05, 3.63) is 57.7 Å². The highest BCUT2D eigenvalue weighted by molar-refractivity contribution is 7.91. The number of aromatic nitrogens is 2. The van der Waals surface area contributed by atoms with Crippen molar-refractivity contribution in [1.82, 2.24) is 9.55 Å². The maximum Gasteiger partial charge on any atom is 0.231 e. The monoisotopic (exact) mass is 457 g/mol. The van der Waals surface area contributed by atoms with Gasteiger partial charge in [-0.25, -0.2) is 13.4 Å². The molecule has 1 atom stereocenters. The molecule has 6 nitrogen and oxygen atoms in total. The number of sulfone groups is 1. The molecule has 164 valence electrons. The Hall–Kier alpha value is -2.45. The Kier molecular flexibility index (Phi) is 6.03. The molecule has 0 aliphatic carbocycles. The molecule has 1 aliphatic rings. The SMILES string of the molecule is CCc1ccc(NC(=O)Cc2nc(-c3cc(C)n([C@@H]4CCS(=O)(=O)C4)c3C)cs2)cc1. The quantitative estimate of drug-likeness (QED) is 0.597. The van der Waals surface area contributed by atoms with E-state index >= 15 is 0 Å². The minimum atomic E-state index is -2.95. The molecule has 1 aliphatic heterocycles. The predicted molar refractivity (Wildman–Crippen MR) is 125 cm³/mol. The number of carbonyl (C=O) groups is 1. The van der Waals surface area contributed by atoms with E-state index in [9.17, 15) is 13.2 Å². The van der Waals surface area contributed by atoms with Crippen LogP contribution in [0.15, 0.2) is 35.7 Å². The van der Waals surface area contributed by atoms with Crippen molar-refractivity contribution in [3.63, 3.8) is 0 Å². The lowest BCUT2D eigenvalue weighted by atomic mass is 10.1. The van der Waals surface area contributed by atoms with Crippen LogP contribution in [0.1, 0.15) is 41.3 Å². The number of rotatable bonds is 6.